The molecule has 56 heavy (non-hydrogen) atoms. The van der Waals surface area contributed by atoms with Gasteiger partial charge in [-0.2, -0.15) is 0 Å². The van der Waals surface area contributed by atoms with Crippen LogP contribution in [0.5, 0.6) is 23.0 Å². The molecule has 0 N–H and O–H groups in total. The van der Waals surface area contributed by atoms with Crippen LogP contribution in [0.15, 0.2) is 170 Å². The van der Waals surface area contributed by atoms with Gasteiger partial charge in [0, 0.05) is 43.1 Å². The Bertz CT molecular complexity index is 2290. The van der Waals surface area contributed by atoms with Gasteiger partial charge in [0.15, 0.2) is 11.6 Å². The van der Waals surface area contributed by atoms with Crippen molar-refractivity contribution in [1.82, 2.24) is 0 Å². The lowest BCUT2D eigenvalue weighted by Gasteiger charge is -2.31. The molecule has 0 aliphatic rings. The lowest BCUT2D eigenvalue weighted by atomic mass is 9.73. The van der Waals surface area contributed by atoms with E-state index in [-0.39, 0.29) is 22.4 Å². The maximum absolute atomic E-state index is 12.9. The van der Waals surface area contributed by atoms with Gasteiger partial charge < -0.3 is 9.47 Å². The summed E-state index contributed by atoms with van der Waals surface area (Å²) in [5, 5.41) is 1.19. The molecule has 278 valence electrons. The number of hydrogen-bond donors (Lipinski definition) is 0. The van der Waals surface area contributed by atoms with Crippen molar-refractivity contribution in [2.75, 3.05) is 0 Å². The number of ketones is 2. The van der Waals surface area contributed by atoms with Crippen LogP contribution in [-0.4, -0.2) is 11.6 Å². The van der Waals surface area contributed by atoms with E-state index < -0.39 is 0 Å². The monoisotopic (exact) mass is 774 g/mol. The van der Waals surface area contributed by atoms with Crippen LogP contribution in [0.4, 0.5) is 0 Å². The van der Waals surface area contributed by atoms with Crippen LogP contribution in [0.1, 0.15) is 81.8 Å². The van der Waals surface area contributed by atoms with Crippen LogP contribution < -0.4 is 9.47 Å². The topological polar surface area (TPSA) is 52.6 Å². The van der Waals surface area contributed by atoms with Crippen LogP contribution in [0, 0.1) is 0 Å². The van der Waals surface area contributed by atoms with E-state index in [2.05, 4.69) is 76.2 Å². The first kappa shape index (κ1) is 38.3. The summed E-state index contributed by atoms with van der Waals surface area (Å²) < 4.78 is 12.3. The number of carbonyl (C=O) groups excluding carboxylic acids is 2. The predicted molar refractivity (Wildman–Crippen MR) is 226 cm³/mol. The highest BCUT2D eigenvalue weighted by atomic mass is 35.5. The molecule has 0 unspecified atom stereocenters. The Labute approximate surface area is 338 Å². The Kier molecular flexibility index (Phi) is 11.0. The minimum absolute atomic E-state index is 0.0686. The van der Waals surface area contributed by atoms with E-state index in [1.807, 2.05) is 48.5 Å². The molecule has 0 atom stereocenters. The van der Waals surface area contributed by atoms with Crippen molar-refractivity contribution in [1.29, 1.82) is 0 Å². The molecule has 7 aromatic carbocycles. The van der Waals surface area contributed by atoms with E-state index in [4.69, 9.17) is 32.7 Å². The summed E-state index contributed by atoms with van der Waals surface area (Å²) in [6.07, 6.45) is 0. The molecule has 0 fully saturated rings. The smallest absolute Gasteiger partial charge is 0.193 e. The second kappa shape index (κ2) is 16.0. The number of ether oxygens (including phenoxy) is 2. The average Bonchev–Trinajstić information content (AvgIpc) is 3.22. The Morgan fingerprint density at radius 3 is 0.946 bits per heavy atom. The molecule has 0 aliphatic carbocycles. The molecule has 0 amide bonds. The minimum Gasteiger partial charge on any atom is -0.457 e. The molecule has 0 bridgehead atoms. The van der Waals surface area contributed by atoms with Gasteiger partial charge in [0.2, 0.25) is 0 Å². The summed E-state index contributed by atoms with van der Waals surface area (Å²) in [7, 11) is 0. The SMILES string of the molecule is CC(C)(c1ccc(Oc2ccc(C(=O)c3ccc(Cl)cc3)cc2)cc1)c1cccc(C(C)(C)c2ccc(Oc3ccc(C(=O)c4ccc(Cl)cc4)cc3)cc2)c1. The number of benzene rings is 7. The number of rotatable bonds is 12. The van der Waals surface area contributed by atoms with E-state index in [0.717, 1.165) is 11.1 Å². The Morgan fingerprint density at radius 2 is 0.643 bits per heavy atom. The summed E-state index contributed by atoms with van der Waals surface area (Å²) in [4.78, 5) is 25.7. The molecule has 0 spiro atoms. The van der Waals surface area contributed by atoms with Gasteiger partial charge in [0.1, 0.15) is 23.0 Å². The van der Waals surface area contributed by atoms with Gasteiger partial charge in [-0.05, 0) is 144 Å². The standard InChI is InChI=1S/C50H40Cl2O4/c1-49(2,37-16-28-45(29-17-37)55-43-24-12-35(13-25-43)47(53)33-8-20-41(51)21-9-33)39-6-5-7-40(32-39)50(3,4)38-18-30-46(31-19-38)56-44-26-14-36(15-27-44)48(54)34-10-22-42(52)23-11-34/h5-32H,1-4H3. The quantitative estimate of drug-likeness (QED) is 0.116. The number of hydrogen-bond acceptors (Lipinski definition) is 4. The van der Waals surface area contributed by atoms with Crippen LogP contribution in [0.3, 0.4) is 0 Å². The Morgan fingerprint density at radius 1 is 0.375 bits per heavy atom. The maximum Gasteiger partial charge on any atom is 0.193 e. The minimum atomic E-state index is -0.277. The third-order valence-electron chi connectivity index (χ3n) is 10.4. The third kappa shape index (κ3) is 8.48. The number of halogens is 2. The second-order valence-corrected chi connectivity index (χ2v) is 15.7. The molecule has 4 nitrogen and oxygen atoms in total. The number of carbonyl (C=O) groups is 2. The zero-order valence-corrected chi connectivity index (χ0v) is 33.1. The van der Waals surface area contributed by atoms with Crippen molar-refractivity contribution < 1.29 is 19.1 Å². The van der Waals surface area contributed by atoms with E-state index in [1.165, 1.54) is 11.1 Å². The predicted octanol–water partition coefficient (Wildman–Crippen LogP) is 13.7. The summed E-state index contributed by atoms with van der Waals surface area (Å²) >= 11 is 11.9. The first-order chi connectivity index (χ1) is 26.9. The van der Waals surface area contributed by atoms with Crippen molar-refractivity contribution >= 4 is 34.8 Å². The van der Waals surface area contributed by atoms with E-state index in [9.17, 15) is 9.59 Å². The first-order valence-electron chi connectivity index (χ1n) is 18.4. The lowest BCUT2D eigenvalue weighted by molar-refractivity contribution is 0.103. The van der Waals surface area contributed by atoms with Crippen LogP contribution in [0.25, 0.3) is 0 Å². The highest BCUT2D eigenvalue weighted by Crippen LogP contribution is 2.38. The van der Waals surface area contributed by atoms with Crippen molar-refractivity contribution in [3.05, 3.63) is 224 Å². The van der Waals surface area contributed by atoms with E-state index in [1.54, 1.807) is 72.8 Å². The highest BCUT2D eigenvalue weighted by Gasteiger charge is 2.28. The van der Waals surface area contributed by atoms with Crippen LogP contribution >= 0.6 is 23.2 Å². The van der Waals surface area contributed by atoms with Gasteiger partial charge >= 0.3 is 0 Å². The van der Waals surface area contributed by atoms with Gasteiger partial charge in [0.05, 0.1) is 0 Å². The lowest BCUT2D eigenvalue weighted by Crippen LogP contribution is -2.22. The molecular formula is C50H40Cl2O4. The first-order valence-corrected chi connectivity index (χ1v) is 19.1. The fourth-order valence-electron chi connectivity index (χ4n) is 6.67. The fourth-order valence-corrected chi connectivity index (χ4v) is 6.92. The molecule has 0 aromatic heterocycles. The molecule has 7 rings (SSSR count). The average molecular weight is 776 g/mol. The van der Waals surface area contributed by atoms with Gasteiger partial charge in [-0.25, -0.2) is 0 Å². The summed E-state index contributed by atoms with van der Waals surface area (Å²) in [5.74, 6) is 2.59. The van der Waals surface area contributed by atoms with Gasteiger partial charge in [-0.3, -0.25) is 9.59 Å². The maximum atomic E-state index is 12.9. The summed E-state index contributed by atoms with van der Waals surface area (Å²) in [6, 6.07) is 53.2. The Hall–Kier alpha value is -5.94. The fraction of sp³-hybridized carbons (Fsp3) is 0.120. The van der Waals surface area contributed by atoms with Crippen molar-refractivity contribution in [3.63, 3.8) is 0 Å². The molecule has 6 heteroatoms. The zero-order chi connectivity index (χ0) is 39.5. The molecule has 0 radical (unpaired) electrons. The molecule has 0 saturated carbocycles. The third-order valence-corrected chi connectivity index (χ3v) is 10.9. The molecular weight excluding hydrogens is 735 g/mol. The second-order valence-electron chi connectivity index (χ2n) is 14.8. The van der Waals surface area contributed by atoms with Crippen molar-refractivity contribution in [2.24, 2.45) is 0 Å². The zero-order valence-electron chi connectivity index (χ0n) is 31.6. The van der Waals surface area contributed by atoms with Gasteiger partial charge in [0.25, 0.3) is 0 Å². The molecule has 0 saturated heterocycles. The van der Waals surface area contributed by atoms with Crippen LogP contribution in [-0.2, 0) is 10.8 Å². The largest absolute Gasteiger partial charge is 0.457 e. The molecule has 7 aromatic rings. The van der Waals surface area contributed by atoms with Gasteiger partial charge in [-0.1, -0.05) is 99.4 Å². The normalized spacial score (nSPS) is 11.5. The highest BCUT2D eigenvalue weighted by molar-refractivity contribution is 6.31. The molecule has 0 heterocycles. The van der Waals surface area contributed by atoms with Crippen molar-refractivity contribution in [3.8, 4) is 23.0 Å². The van der Waals surface area contributed by atoms with E-state index in [0.29, 0.717) is 55.3 Å². The van der Waals surface area contributed by atoms with Gasteiger partial charge in [-0.15, -0.1) is 0 Å². The van der Waals surface area contributed by atoms with Crippen molar-refractivity contribution in [2.45, 2.75) is 38.5 Å². The Balaban J connectivity index is 0.994. The van der Waals surface area contributed by atoms with E-state index >= 15 is 0 Å². The summed E-state index contributed by atoms with van der Waals surface area (Å²) in [5.41, 5.74) is 6.51. The molecule has 0 aliphatic heterocycles. The van der Waals surface area contributed by atoms with Crippen LogP contribution in [0.2, 0.25) is 10.0 Å². The summed E-state index contributed by atoms with van der Waals surface area (Å²) in [6.45, 7) is 8.94.